The van der Waals surface area contributed by atoms with E-state index in [1.807, 2.05) is 0 Å². The molecule has 188 valence electrons. The predicted octanol–water partition coefficient (Wildman–Crippen LogP) is 2.64. The van der Waals surface area contributed by atoms with Gasteiger partial charge >= 0.3 is 6.18 Å². The Labute approximate surface area is 197 Å². The number of rotatable bonds is 6. The Kier molecular flexibility index (Phi) is 7.60. The van der Waals surface area contributed by atoms with Crippen molar-refractivity contribution in [3.8, 4) is 0 Å². The molecule has 1 unspecified atom stereocenters. The summed E-state index contributed by atoms with van der Waals surface area (Å²) in [6.07, 6.45) is -1.02. The SMILES string of the molecule is CN=CC(=C(N)C(=O)N1CC(F)(F)C[C@@H](C)C1CNc1ccc(C(F)(F)F)nn1)c1ncccn1. The molecule has 2 aromatic rings. The van der Waals surface area contributed by atoms with Gasteiger partial charge in [0.25, 0.3) is 11.8 Å². The Morgan fingerprint density at radius 2 is 1.97 bits per heavy atom. The first-order valence-corrected chi connectivity index (χ1v) is 10.5. The Morgan fingerprint density at radius 1 is 1.29 bits per heavy atom. The summed E-state index contributed by atoms with van der Waals surface area (Å²) < 4.78 is 67.0. The normalized spacial score (nSPS) is 21.1. The number of anilines is 1. The molecule has 35 heavy (non-hydrogen) atoms. The molecule has 3 rings (SSSR count). The average molecular weight is 498 g/mol. The highest BCUT2D eigenvalue weighted by molar-refractivity contribution is 6.17. The lowest BCUT2D eigenvalue weighted by Crippen LogP contribution is -2.58. The molecular formula is C21H23F5N8O. The number of amides is 1. The Bertz CT molecular complexity index is 1090. The van der Waals surface area contributed by atoms with Crippen molar-refractivity contribution in [2.45, 2.75) is 31.5 Å². The van der Waals surface area contributed by atoms with Gasteiger partial charge in [0.15, 0.2) is 11.5 Å². The van der Waals surface area contributed by atoms with Gasteiger partial charge in [-0.25, -0.2) is 18.7 Å². The summed E-state index contributed by atoms with van der Waals surface area (Å²) in [4.78, 5) is 26.2. The largest absolute Gasteiger partial charge is 0.435 e. The van der Waals surface area contributed by atoms with Crippen molar-refractivity contribution in [2.24, 2.45) is 16.6 Å². The molecule has 14 heteroatoms. The summed E-state index contributed by atoms with van der Waals surface area (Å²) in [5.74, 6) is -4.63. The fourth-order valence-corrected chi connectivity index (χ4v) is 3.75. The van der Waals surface area contributed by atoms with Gasteiger partial charge in [-0.05, 0) is 24.1 Å². The third-order valence-electron chi connectivity index (χ3n) is 5.37. The van der Waals surface area contributed by atoms with E-state index in [9.17, 15) is 26.7 Å². The van der Waals surface area contributed by atoms with Crippen molar-refractivity contribution in [3.63, 3.8) is 0 Å². The Morgan fingerprint density at radius 3 is 2.54 bits per heavy atom. The van der Waals surface area contributed by atoms with Crippen LogP contribution in [0.25, 0.3) is 5.57 Å². The molecule has 9 nitrogen and oxygen atoms in total. The summed E-state index contributed by atoms with van der Waals surface area (Å²) in [6.45, 7) is 0.580. The molecule has 0 bridgehead atoms. The lowest BCUT2D eigenvalue weighted by atomic mass is 9.88. The molecule has 0 radical (unpaired) electrons. The summed E-state index contributed by atoms with van der Waals surface area (Å²) in [5.41, 5.74) is 4.62. The fourth-order valence-electron chi connectivity index (χ4n) is 3.75. The molecule has 1 fully saturated rings. The quantitative estimate of drug-likeness (QED) is 0.357. The number of nitrogens with one attached hydrogen (secondary N) is 1. The number of halogens is 5. The molecule has 3 heterocycles. The van der Waals surface area contributed by atoms with Crippen LogP contribution in [0.5, 0.6) is 0 Å². The fraction of sp³-hybridized carbons (Fsp3) is 0.429. The highest BCUT2D eigenvalue weighted by atomic mass is 19.4. The van der Waals surface area contributed by atoms with Gasteiger partial charge in [0, 0.05) is 38.6 Å². The molecule has 3 N–H and O–H groups in total. The van der Waals surface area contributed by atoms with Crippen LogP contribution in [0.15, 0.2) is 41.3 Å². The number of piperidine rings is 1. The van der Waals surface area contributed by atoms with Crippen molar-refractivity contribution in [3.05, 3.63) is 47.8 Å². The van der Waals surface area contributed by atoms with Crippen LogP contribution in [0.3, 0.4) is 0 Å². The Balaban J connectivity index is 1.88. The number of nitrogens with two attached hydrogens (primary N) is 1. The number of hydrogen-bond donors (Lipinski definition) is 2. The van der Waals surface area contributed by atoms with Gasteiger partial charge in [0.1, 0.15) is 11.5 Å². The van der Waals surface area contributed by atoms with Crippen molar-refractivity contribution in [2.75, 3.05) is 25.5 Å². The number of alkyl halides is 5. The minimum absolute atomic E-state index is 0.00469. The van der Waals surface area contributed by atoms with Gasteiger partial charge in [-0.1, -0.05) is 6.92 Å². The highest BCUT2D eigenvalue weighted by Gasteiger charge is 2.46. The van der Waals surface area contributed by atoms with E-state index in [4.69, 9.17) is 5.73 Å². The maximum absolute atomic E-state index is 14.4. The molecule has 0 spiro atoms. The summed E-state index contributed by atoms with van der Waals surface area (Å²) in [6, 6.07) is 2.59. The smallest absolute Gasteiger partial charge is 0.394 e. The van der Waals surface area contributed by atoms with Crippen molar-refractivity contribution in [1.82, 2.24) is 25.1 Å². The van der Waals surface area contributed by atoms with Gasteiger partial charge in [-0.2, -0.15) is 13.2 Å². The van der Waals surface area contributed by atoms with E-state index in [1.54, 1.807) is 13.0 Å². The maximum atomic E-state index is 14.4. The first kappa shape index (κ1) is 25.9. The molecular weight excluding hydrogens is 475 g/mol. The van der Waals surface area contributed by atoms with Crippen LogP contribution in [0.4, 0.5) is 27.8 Å². The Hall–Kier alpha value is -3.71. The zero-order chi connectivity index (χ0) is 25.8. The van der Waals surface area contributed by atoms with E-state index in [1.165, 1.54) is 25.7 Å². The second kappa shape index (κ2) is 10.3. The molecule has 2 aromatic heterocycles. The number of allylic oxidation sites excluding steroid dienone is 1. The maximum Gasteiger partial charge on any atom is 0.435 e. The van der Waals surface area contributed by atoms with Gasteiger partial charge in [-0.3, -0.25) is 9.79 Å². The van der Waals surface area contributed by atoms with Crippen LogP contribution in [0.1, 0.15) is 24.9 Å². The van der Waals surface area contributed by atoms with Crippen molar-refractivity contribution < 1.29 is 26.7 Å². The molecule has 0 aromatic carbocycles. The molecule has 0 aliphatic carbocycles. The number of carbonyl (C=O) groups excluding carboxylic acids is 1. The minimum Gasteiger partial charge on any atom is -0.394 e. The van der Waals surface area contributed by atoms with Crippen LogP contribution in [0.2, 0.25) is 0 Å². The van der Waals surface area contributed by atoms with Gasteiger partial charge < -0.3 is 16.0 Å². The molecule has 2 atom stereocenters. The predicted molar refractivity (Wildman–Crippen MR) is 117 cm³/mol. The number of hydrogen-bond acceptors (Lipinski definition) is 8. The second-order valence-electron chi connectivity index (χ2n) is 8.01. The van der Waals surface area contributed by atoms with E-state index in [0.29, 0.717) is 0 Å². The molecule has 1 saturated heterocycles. The molecule has 1 amide bonds. The van der Waals surface area contributed by atoms with Gasteiger partial charge in [-0.15, -0.1) is 10.2 Å². The lowest BCUT2D eigenvalue weighted by Gasteiger charge is -2.43. The third kappa shape index (κ3) is 6.25. The van der Waals surface area contributed by atoms with Crippen LogP contribution in [-0.2, 0) is 11.0 Å². The first-order chi connectivity index (χ1) is 16.4. The number of aliphatic imine (C=N–C) groups is 1. The zero-order valence-electron chi connectivity index (χ0n) is 18.8. The van der Waals surface area contributed by atoms with E-state index >= 15 is 0 Å². The highest BCUT2D eigenvalue weighted by Crippen LogP contribution is 2.35. The van der Waals surface area contributed by atoms with Crippen LogP contribution in [-0.4, -0.2) is 69.3 Å². The second-order valence-corrected chi connectivity index (χ2v) is 8.01. The summed E-state index contributed by atoms with van der Waals surface area (Å²) in [7, 11) is 1.44. The summed E-state index contributed by atoms with van der Waals surface area (Å²) in [5, 5.41) is 9.37. The van der Waals surface area contributed by atoms with E-state index in [2.05, 4.69) is 30.5 Å². The number of carbonyl (C=O) groups is 1. The number of nitrogens with zero attached hydrogens (tertiary/aromatic N) is 6. The lowest BCUT2D eigenvalue weighted by molar-refractivity contribution is -0.148. The molecule has 1 aliphatic heterocycles. The topological polar surface area (TPSA) is 122 Å². The molecule has 1 aliphatic rings. The zero-order valence-corrected chi connectivity index (χ0v) is 18.8. The van der Waals surface area contributed by atoms with E-state index in [0.717, 1.165) is 17.0 Å². The van der Waals surface area contributed by atoms with Gasteiger partial charge in [0.05, 0.1) is 18.2 Å². The number of likely N-dealkylation sites (tertiary alicyclic amines) is 1. The standard InChI is InChI=1S/C21H23F5N8O/c1-12-8-20(22,23)11-34(14(12)10-31-16-5-4-15(32-33-16)21(24,25)26)19(35)17(27)13(9-28-2)18-29-6-3-7-30-18/h3-7,9,12,14H,8,10-11,27H2,1-2H3,(H,31,33)/t12-,14?/m1/s1. The van der Waals surface area contributed by atoms with Gasteiger partial charge in [0.2, 0.25) is 0 Å². The van der Waals surface area contributed by atoms with Crippen LogP contribution in [0, 0.1) is 5.92 Å². The molecule has 0 saturated carbocycles. The summed E-state index contributed by atoms with van der Waals surface area (Å²) >= 11 is 0. The monoisotopic (exact) mass is 498 g/mol. The first-order valence-electron chi connectivity index (χ1n) is 10.5. The van der Waals surface area contributed by atoms with E-state index < -0.39 is 48.6 Å². The van der Waals surface area contributed by atoms with Crippen molar-refractivity contribution >= 4 is 23.5 Å². The van der Waals surface area contributed by atoms with E-state index in [-0.39, 0.29) is 29.5 Å². The average Bonchev–Trinajstić information content (AvgIpc) is 2.80. The number of aromatic nitrogens is 4. The van der Waals surface area contributed by atoms with Crippen LogP contribution < -0.4 is 11.1 Å². The van der Waals surface area contributed by atoms with Crippen molar-refractivity contribution in [1.29, 1.82) is 0 Å². The van der Waals surface area contributed by atoms with Crippen LogP contribution >= 0.6 is 0 Å². The minimum atomic E-state index is -4.65. The third-order valence-corrected chi connectivity index (χ3v) is 5.37.